The summed E-state index contributed by atoms with van der Waals surface area (Å²) in [6.07, 6.45) is 2.22. The molecule has 0 fully saturated rings. The highest BCUT2D eigenvalue weighted by Gasteiger charge is 2.11. The van der Waals surface area contributed by atoms with E-state index in [0.717, 1.165) is 12.2 Å². The van der Waals surface area contributed by atoms with E-state index < -0.39 is 0 Å². The van der Waals surface area contributed by atoms with E-state index in [2.05, 4.69) is 19.9 Å². The molecule has 0 unspecified atom stereocenters. The van der Waals surface area contributed by atoms with Crippen LogP contribution in [0.15, 0.2) is 6.20 Å². The van der Waals surface area contributed by atoms with Gasteiger partial charge in [0.05, 0.1) is 25.8 Å². The maximum Gasteiger partial charge on any atom is 0.306 e. The standard InChI is InChI=1S/C11H20N4O3/c1-14-8-10(12-13-14)9-15(6-7-17-2)5-4-11(16)18-3/h8H,4-7,9H2,1-3H3. The van der Waals surface area contributed by atoms with Crippen molar-refractivity contribution in [2.24, 2.45) is 7.05 Å². The van der Waals surface area contributed by atoms with Crippen molar-refractivity contribution >= 4 is 5.97 Å². The Hall–Kier alpha value is -1.47. The highest BCUT2D eigenvalue weighted by atomic mass is 16.5. The lowest BCUT2D eigenvalue weighted by Crippen LogP contribution is -2.29. The molecule has 0 N–H and O–H groups in total. The van der Waals surface area contributed by atoms with Gasteiger partial charge >= 0.3 is 5.97 Å². The number of esters is 1. The zero-order valence-corrected chi connectivity index (χ0v) is 11.1. The van der Waals surface area contributed by atoms with E-state index in [-0.39, 0.29) is 5.97 Å². The molecular formula is C11H20N4O3. The lowest BCUT2D eigenvalue weighted by atomic mass is 10.3. The van der Waals surface area contributed by atoms with Gasteiger partial charge in [0.2, 0.25) is 0 Å². The van der Waals surface area contributed by atoms with Gasteiger partial charge in [-0.3, -0.25) is 14.4 Å². The average Bonchev–Trinajstić information content (AvgIpc) is 2.77. The number of rotatable bonds is 8. The number of carbonyl (C=O) groups is 1. The molecule has 0 bridgehead atoms. The van der Waals surface area contributed by atoms with E-state index in [1.807, 2.05) is 13.2 Å². The molecule has 7 nitrogen and oxygen atoms in total. The molecule has 0 spiro atoms. The molecule has 0 radical (unpaired) electrons. The van der Waals surface area contributed by atoms with Gasteiger partial charge in [-0.15, -0.1) is 5.10 Å². The van der Waals surface area contributed by atoms with Crippen molar-refractivity contribution in [2.75, 3.05) is 33.9 Å². The number of ether oxygens (including phenoxy) is 2. The van der Waals surface area contributed by atoms with Gasteiger partial charge in [0.1, 0.15) is 0 Å². The van der Waals surface area contributed by atoms with Crippen LogP contribution in [0.5, 0.6) is 0 Å². The monoisotopic (exact) mass is 256 g/mol. The van der Waals surface area contributed by atoms with Gasteiger partial charge in [0.15, 0.2) is 0 Å². The first kappa shape index (κ1) is 14.6. The Morgan fingerprint density at radius 2 is 2.22 bits per heavy atom. The smallest absolute Gasteiger partial charge is 0.306 e. The fraction of sp³-hybridized carbons (Fsp3) is 0.727. The number of carbonyl (C=O) groups excluding carboxylic acids is 1. The number of aryl methyl sites for hydroxylation is 1. The zero-order valence-electron chi connectivity index (χ0n) is 11.1. The average molecular weight is 256 g/mol. The Kier molecular flexibility index (Phi) is 6.31. The van der Waals surface area contributed by atoms with E-state index in [9.17, 15) is 4.79 Å². The number of hydrogen-bond donors (Lipinski definition) is 0. The van der Waals surface area contributed by atoms with Crippen molar-refractivity contribution in [3.8, 4) is 0 Å². The molecule has 0 saturated heterocycles. The summed E-state index contributed by atoms with van der Waals surface area (Å²) in [6, 6.07) is 0. The largest absolute Gasteiger partial charge is 0.469 e. The Balaban J connectivity index is 2.46. The predicted octanol–water partition coefficient (Wildman–Crippen LogP) is -0.173. The van der Waals surface area contributed by atoms with Crippen LogP contribution in [0.4, 0.5) is 0 Å². The van der Waals surface area contributed by atoms with Gasteiger partial charge in [0, 0.05) is 40.0 Å². The summed E-state index contributed by atoms with van der Waals surface area (Å²) in [7, 11) is 4.87. The minimum absolute atomic E-state index is 0.212. The fourth-order valence-corrected chi connectivity index (χ4v) is 1.54. The first-order valence-electron chi connectivity index (χ1n) is 5.79. The highest BCUT2D eigenvalue weighted by Crippen LogP contribution is 2.02. The molecule has 0 saturated carbocycles. The van der Waals surface area contributed by atoms with Crippen LogP contribution in [-0.2, 0) is 27.9 Å². The Bertz CT molecular complexity index is 367. The Labute approximate surface area is 107 Å². The quantitative estimate of drug-likeness (QED) is 0.601. The van der Waals surface area contributed by atoms with Gasteiger partial charge in [-0.25, -0.2) is 0 Å². The molecule has 0 amide bonds. The summed E-state index contributed by atoms with van der Waals surface area (Å²) in [5.74, 6) is -0.212. The fourth-order valence-electron chi connectivity index (χ4n) is 1.54. The van der Waals surface area contributed by atoms with Crippen molar-refractivity contribution < 1.29 is 14.3 Å². The van der Waals surface area contributed by atoms with E-state index in [4.69, 9.17) is 4.74 Å². The van der Waals surface area contributed by atoms with E-state index in [0.29, 0.717) is 26.1 Å². The minimum atomic E-state index is -0.212. The Morgan fingerprint density at radius 1 is 1.44 bits per heavy atom. The summed E-state index contributed by atoms with van der Waals surface area (Å²) in [6.45, 7) is 2.62. The molecule has 0 aromatic carbocycles. The number of nitrogens with zero attached hydrogens (tertiary/aromatic N) is 4. The molecule has 18 heavy (non-hydrogen) atoms. The summed E-state index contributed by atoms with van der Waals surface area (Å²) in [5.41, 5.74) is 0.874. The second kappa shape index (κ2) is 7.78. The highest BCUT2D eigenvalue weighted by molar-refractivity contribution is 5.69. The van der Waals surface area contributed by atoms with Gasteiger partial charge in [-0.2, -0.15) is 0 Å². The van der Waals surface area contributed by atoms with Crippen molar-refractivity contribution in [3.05, 3.63) is 11.9 Å². The molecule has 1 aromatic heterocycles. The van der Waals surface area contributed by atoms with Crippen LogP contribution in [0.2, 0.25) is 0 Å². The van der Waals surface area contributed by atoms with Crippen LogP contribution in [0.1, 0.15) is 12.1 Å². The van der Waals surface area contributed by atoms with Gasteiger partial charge in [0.25, 0.3) is 0 Å². The first-order valence-corrected chi connectivity index (χ1v) is 5.79. The lowest BCUT2D eigenvalue weighted by Gasteiger charge is -2.19. The molecule has 1 rings (SSSR count). The topological polar surface area (TPSA) is 69.5 Å². The van der Waals surface area contributed by atoms with E-state index in [1.165, 1.54) is 7.11 Å². The van der Waals surface area contributed by atoms with Crippen molar-refractivity contribution in [1.82, 2.24) is 19.9 Å². The Morgan fingerprint density at radius 3 is 2.78 bits per heavy atom. The maximum atomic E-state index is 11.1. The SMILES string of the molecule is COCCN(CCC(=O)OC)Cc1cn(C)nn1. The van der Waals surface area contributed by atoms with Crippen molar-refractivity contribution in [2.45, 2.75) is 13.0 Å². The summed E-state index contributed by atoms with van der Waals surface area (Å²) < 4.78 is 11.3. The lowest BCUT2D eigenvalue weighted by molar-refractivity contribution is -0.141. The van der Waals surface area contributed by atoms with E-state index in [1.54, 1.807) is 11.8 Å². The third kappa shape index (κ3) is 5.24. The van der Waals surface area contributed by atoms with E-state index >= 15 is 0 Å². The summed E-state index contributed by atoms with van der Waals surface area (Å²) in [5, 5.41) is 7.90. The van der Waals surface area contributed by atoms with Gasteiger partial charge in [-0.1, -0.05) is 5.21 Å². The summed E-state index contributed by atoms with van der Waals surface area (Å²) >= 11 is 0. The van der Waals surface area contributed by atoms with Crippen LogP contribution in [0, 0.1) is 0 Å². The second-order valence-corrected chi connectivity index (χ2v) is 3.98. The predicted molar refractivity (Wildman–Crippen MR) is 64.8 cm³/mol. The molecule has 0 atom stereocenters. The molecular weight excluding hydrogens is 236 g/mol. The van der Waals surface area contributed by atoms with Crippen molar-refractivity contribution in [3.63, 3.8) is 0 Å². The molecule has 1 aromatic rings. The van der Waals surface area contributed by atoms with Gasteiger partial charge < -0.3 is 9.47 Å². The molecule has 1 heterocycles. The second-order valence-electron chi connectivity index (χ2n) is 3.98. The molecule has 102 valence electrons. The first-order chi connectivity index (χ1) is 8.65. The third-order valence-corrected chi connectivity index (χ3v) is 2.51. The van der Waals surface area contributed by atoms with Crippen LogP contribution in [-0.4, -0.2) is 59.8 Å². The third-order valence-electron chi connectivity index (χ3n) is 2.51. The van der Waals surface area contributed by atoms with Gasteiger partial charge in [-0.05, 0) is 0 Å². The molecule has 0 aliphatic heterocycles. The van der Waals surface area contributed by atoms with Crippen LogP contribution in [0.25, 0.3) is 0 Å². The summed E-state index contributed by atoms with van der Waals surface area (Å²) in [4.78, 5) is 13.2. The number of hydrogen-bond acceptors (Lipinski definition) is 6. The minimum Gasteiger partial charge on any atom is -0.469 e. The van der Waals surface area contributed by atoms with Crippen LogP contribution < -0.4 is 0 Å². The van der Waals surface area contributed by atoms with Crippen LogP contribution in [0.3, 0.4) is 0 Å². The molecule has 0 aliphatic carbocycles. The molecule has 7 heteroatoms. The maximum absolute atomic E-state index is 11.1. The zero-order chi connectivity index (χ0) is 13.4. The molecule has 0 aliphatic rings. The number of methoxy groups -OCH3 is 2. The number of aromatic nitrogens is 3. The van der Waals surface area contributed by atoms with Crippen molar-refractivity contribution in [1.29, 1.82) is 0 Å². The normalized spacial score (nSPS) is 10.9. The van der Waals surface area contributed by atoms with Crippen LogP contribution >= 0.6 is 0 Å².